The number of carbonyl (C=O) groups is 3. The fourth-order valence-corrected chi connectivity index (χ4v) is 3.32. The van der Waals surface area contributed by atoms with Gasteiger partial charge in [0, 0.05) is 21.4 Å². The molecule has 1 aliphatic heterocycles. The quantitative estimate of drug-likeness (QED) is 0.468. The summed E-state index contributed by atoms with van der Waals surface area (Å²) in [6.45, 7) is 1.22. The van der Waals surface area contributed by atoms with Crippen molar-refractivity contribution in [1.82, 2.24) is 4.90 Å². The lowest BCUT2D eigenvalue weighted by atomic mass is 10.2. The van der Waals surface area contributed by atoms with Gasteiger partial charge in [-0.25, -0.2) is 14.6 Å². The Morgan fingerprint density at radius 2 is 1.62 bits per heavy atom. The molecule has 1 heterocycles. The monoisotopic (exact) mass is 452 g/mol. The molecule has 0 saturated carbocycles. The van der Waals surface area contributed by atoms with Crippen molar-refractivity contribution in [1.29, 1.82) is 0 Å². The highest BCUT2D eigenvalue weighted by molar-refractivity contribution is 9.10. The van der Waals surface area contributed by atoms with Gasteiger partial charge in [0.25, 0.3) is 5.91 Å². The van der Waals surface area contributed by atoms with Crippen molar-refractivity contribution in [3.05, 3.63) is 68.2 Å². The summed E-state index contributed by atoms with van der Waals surface area (Å²) in [7, 11) is 0. The van der Waals surface area contributed by atoms with Gasteiger partial charge in [-0.1, -0.05) is 51.3 Å². The van der Waals surface area contributed by atoms with Crippen LogP contribution < -0.4 is 4.90 Å². The Bertz CT molecular complexity index is 937. The summed E-state index contributed by atoms with van der Waals surface area (Å²) >= 11 is 15.3. The summed E-state index contributed by atoms with van der Waals surface area (Å²) in [6, 6.07) is 10.7. The number of imide groups is 2. The first-order chi connectivity index (χ1) is 12.3. The molecule has 0 N–H and O–H groups in total. The Morgan fingerprint density at radius 1 is 1.04 bits per heavy atom. The van der Waals surface area contributed by atoms with Gasteiger partial charge >= 0.3 is 6.03 Å². The molecule has 26 heavy (non-hydrogen) atoms. The van der Waals surface area contributed by atoms with E-state index in [2.05, 4.69) is 15.9 Å². The summed E-state index contributed by atoms with van der Waals surface area (Å²) in [5, 5.41) is 0.542. The van der Waals surface area contributed by atoms with Gasteiger partial charge in [-0.3, -0.25) is 9.59 Å². The number of anilines is 1. The van der Waals surface area contributed by atoms with E-state index in [1.165, 1.54) is 31.2 Å². The average molecular weight is 454 g/mol. The molecule has 2 aromatic rings. The average Bonchev–Trinajstić information content (AvgIpc) is 2.79. The molecular weight excluding hydrogens is 443 g/mol. The third kappa shape index (κ3) is 3.53. The van der Waals surface area contributed by atoms with Crippen LogP contribution in [0.15, 0.2) is 52.6 Å². The van der Waals surface area contributed by atoms with Gasteiger partial charge in [0.1, 0.15) is 5.70 Å². The molecule has 0 bridgehead atoms. The molecule has 5 nitrogen and oxygen atoms in total. The van der Waals surface area contributed by atoms with E-state index in [0.717, 1.165) is 14.3 Å². The molecule has 4 amide bonds. The second kappa shape index (κ2) is 7.23. The number of benzene rings is 2. The number of hydrogen-bond acceptors (Lipinski definition) is 3. The summed E-state index contributed by atoms with van der Waals surface area (Å²) in [4.78, 5) is 39.3. The number of hydrogen-bond donors (Lipinski definition) is 0. The fourth-order valence-electron chi connectivity index (χ4n) is 2.54. The Kier molecular flexibility index (Phi) is 5.18. The van der Waals surface area contributed by atoms with Crippen LogP contribution in [0.5, 0.6) is 0 Å². The molecular formula is C18H11BrCl2N2O3. The molecule has 8 heteroatoms. The summed E-state index contributed by atoms with van der Waals surface area (Å²) in [5.74, 6) is -1.20. The molecule has 2 aromatic carbocycles. The molecule has 0 unspecified atom stereocenters. The van der Waals surface area contributed by atoms with Gasteiger partial charge < -0.3 is 0 Å². The van der Waals surface area contributed by atoms with Gasteiger partial charge in [0.2, 0.25) is 5.91 Å². The zero-order valence-electron chi connectivity index (χ0n) is 13.4. The Balaban J connectivity index is 2.10. The van der Waals surface area contributed by atoms with E-state index >= 15 is 0 Å². The van der Waals surface area contributed by atoms with E-state index in [-0.39, 0.29) is 21.4 Å². The maximum Gasteiger partial charge on any atom is 0.343 e. The third-order valence-electron chi connectivity index (χ3n) is 3.64. The van der Waals surface area contributed by atoms with Gasteiger partial charge in [0.05, 0.1) is 5.69 Å². The van der Waals surface area contributed by atoms with Crippen molar-refractivity contribution in [2.24, 2.45) is 0 Å². The summed E-state index contributed by atoms with van der Waals surface area (Å²) in [6.07, 6.45) is 1.49. The predicted molar refractivity (Wildman–Crippen MR) is 104 cm³/mol. The Hall–Kier alpha value is -2.15. The molecule has 3 rings (SSSR count). The van der Waals surface area contributed by atoms with Crippen molar-refractivity contribution in [3.8, 4) is 0 Å². The number of urea groups is 1. The van der Waals surface area contributed by atoms with Crippen LogP contribution in [0, 0.1) is 0 Å². The first-order valence-corrected chi connectivity index (χ1v) is 8.95. The lowest BCUT2D eigenvalue weighted by Gasteiger charge is -2.14. The molecule has 1 aliphatic rings. The molecule has 132 valence electrons. The van der Waals surface area contributed by atoms with Gasteiger partial charge in [0.15, 0.2) is 0 Å². The minimum Gasteiger partial charge on any atom is -0.274 e. The number of amides is 4. The van der Waals surface area contributed by atoms with Crippen molar-refractivity contribution >= 4 is 68.7 Å². The van der Waals surface area contributed by atoms with Crippen molar-refractivity contribution in [2.75, 3.05) is 4.90 Å². The van der Waals surface area contributed by atoms with Crippen molar-refractivity contribution < 1.29 is 14.4 Å². The molecule has 0 aromatic heterocycles. The molecule has 0 aliphatic carbocycles. The van der Waals surface area contributed by atoms with E-state index in [9.17, 15) is 14.4 Å². The highest BCUT2D eigenvalue weighted by atomic mass is 79.9. The molecule has 0 radical (unpaired) electrons. The second-order valence-corrected chi connectivity index (χ2v) is 7.27. The zero-order chi connectivity index (χ0) is 19.0. The fraction of sp³-hybridized carbons (Fsp3) is 0.0556. The van der Waals surface area contributed by atoms with Crippen LogP contribution in [0.2, 0.25) is 10.0 Å². The SMILES string of the molecule is CC(=O)N1C(=O)N(c2cc(Cl)cc(Cl)c2)C(=O)/C1=C\c1ccc(Br)cc1. The van der Waals surface area contributed by atoms with Gasteiger partial charge in [-0.2, -0.15) is 0 Å². The van der Waals surface area contributed by atoms with E-state index in [0.29, 0.717) is 5.56 Å². The first kappa shape index (κ1) is 18.6. The standard InChI is InChI=1S/C18H11BrCl2N2O3/c1-10(24)22-16(6-11-2-4-12(19)5-3-11)17(25)23(18(22)26)15-8-13(20)7-14(21)9-15/h2-9H,1H3/b16-6+. The zero-order valence-corrected chi connectivity index (χ0v) is 16.5. The maximum absolute atomic E-state index is 12.9. The maximum atomic E-state index is 12.9. The van der Waals surface area contributed by atoms with Crippen LogP contribution in [0.4, 0.5) is 10.5 Å². The predicted octanol–water partition coefficient (Wildman–Crippen LogP) is 5.11. The molecule has 0 spiro atoms. The van der Waals surface area contributed by atoms with E-state index in [4.69, 9.17) is 23.2 Å². The molecule has 1 fully saturated rings. The van der Waals surface area contributed by atoms with Crippen LogP contribution in [0.1, 0.15) is 12.5 Å². The van der Waals surface area contributed by atoms with Crippen LogP contribution in [-0.4, -0.2) is 22.7 Å². The van der Waals surface area contributed by atoms with Crippen LogP contribution in [-0.2, 0) is 9.59 Å². The van der Waals surface area contributed by atoms with E-state index in [1.54, 1.807) is 24.3 Å². The van der Waals surface area contributed by atoms with Crippen molar-refractivity contribution in [3.63, 3.8) is 0 Å². The van der Waals surface area contributed by atoms with Gasteiger partial charge in [-0.05, 0) is 42.0 Å². The van der Waals surface area contributed by atoms with Crippen LogP contribution in [0.25, 0.3) is 6.08 Å². The summed E-state index contributed by atoms with van der Waals surface area (Å²) < 4.78 is 0.868. The van der Waals surface area contributed by atoms with E-state index in [1.807, 2.05) is 0 Å². The largest absolute Gasteiger partial charge is 0.343 e. The Labute approximate surface area is 167 Å². The van der Waals surface area contributed by atoms with Gasteiger partial charge in [-0.15, -0.1) is 0 Å². The topological polar surface area (TPSA) is 57.7 Å². The third-order valence-corrected chi connectivity index (χ3v) is 4.60. The highest BCUT2D eigenvalue weighted by Crippen LogP contribution is 2.32. The minimum atomic E-state index is -0.774. The first-order valence-electron chi connectivity index (χ1n) is 7.40. The number of carbonyl (C=O) groups excluding carboxylic acids is 3. The second-order valence-electron chi connectivity index (χ2n) is 5.49. The lowest BCUT2D eigenvalue weighted by molar-refractivity contribution is -0.125. The van der Waals surface area contributed by atoms with Crippen LogP contribution >= 0.6 is 39.1 Å². The number of nitrogens with zero attached hydrogens (tertiary/aromatic N) is 2. The van der Waals surface area contributed by atoms with E-state index < -0.39 is 17.8 Å². The normalized spacial score (nSPS) is 15.9. The number of halogens is 3. The Morgan fingerprint density at radius 3 is 2.15 bits per heavy atom. The number of rotatable bonds is 2. The van der Waals surface area contributed by atoms with Crippen LogP contribution in [0.3, 0.4) is 0 Å². The minimum absolute atomic E-state index is 0.0408. The smallest absolute Gasteiger partial charge is 0.274 e. The lowest BCUT2D eigenvalue weighted by Crippen LogP contribution is -2.35. The summed E-state index contributed by atoms with van der Waals surface area (Å²) in [5.41, 5.74) is 0.824. The van der Waals surface area contributed by atoms with Crippen molar-refractivity contribution in [2.45, 2.75) is 6.92 Å². The molecule has 0 atom stereocenters. The highest BCUT2D eigenvalue weighted by Gasteiger charge is 2.44. The molecule has 1 saturated heterocycles.